The Hall–Kier alpha value is -2.69. The number of fused-ring (bicyclic) bond motifs is 1. The van der Waals surface area contributed by atoms with Crippen molar-refractivity contribution in [2.24, 2.45) is 13.9 Å². The number of benzene rings is 1. The first-order valence-corrected chi connectivity index (χ1v) is 10.7. The van der Waals surface area contributed by atoms with Gasteiger partial charge < -0.3 is 21.4 Å². The lowest BCUT2D eigenvalue weighted by Crippen LogP contribution is -2.36. The maximum Gasteiger partial charge on any atom is 0.148 e. The average Bonchev–Trinajstić information content (AvgIpc) is 2.73. The highest BCUT2D eigenvalue weighted by atomic mass is 127. The lowest BCUT2D eigenvalue weighted by molar-refractivity contribution is 0.463. The van der Waals surface area contributed by atoms with E-state index in [1.807, 2.05) is 28.5 Å². The number of aliphatic imine (C=N–C) groups is 1. The number of rotatable bonds is 7. The van der Waals surface area contributed by atoms with Crippen molar-refractivity contribution in [3.63, 3.8) is 0 Å². The smallest absolute Gasteiger partial charge is 0.148 e. The van der Waals surface area contributed by atoms with Gasteiger partial charge in [-0.25, -0.2) is 18.2 Å². The van der Waals surface area contributed by atoms with Gasteiger partial charge >= 0.3 is 0 Å². The van der Waals surface area contributed by atoms with Crippen LogP contribution < -0.4 is 11.1 Å². The summed E-state index contributed by atoms with van der Waals surface area (Å²) in [5, 5.41) is 11.8. The van der Waals surface area contributed by atoms with Gasteiger partial charge in [0, 0.05) is 64.0 Å². The quantitative estimate of drug-likeness (QED) is 0.420. The van der Waals surface area contributed by atoms with Crippen molar-refractivity contribution in [2.75, 3.05) is 25.0 Å². The van der Waals surface area contributed by atoms with E-state index in [-0.39, 0.29) is 21.0 Å². The molecule has 3 rings (SSSR count). The summed E-state index contributed by atoms with van der Waals surface area (Å²) in [6.07, 6.45) is 6.08. The molecule has 140 valence electrons. The van der Waals surface area contributed by atoms with Crippen molar-refractivity contribution in [3.8, 4) is 0 Å². The van der Waals surface area contributed by atoms with Crippen molar-refractivity contribution < 1.29 is 0 Å². The summed E-state index contributed by atoms with van der Waals surface area (Å²) in [5.74, 6) is 1.67. The Kier molecular flexibility index (Phi) is 6.58. The molecule has 0 spiro atoms. The molecule has 0 atom stereocenters. The van der Waals surface area contributed by atoms with Crippen LogP contribution >= 0.6 is 21.0 Å². The Morgan fingerprint density at radius 1 is 1.37 bits per heavy atom. The molecule has 1 aliphatic heterocycles. The fourth-order valence-electron chi connectivity index (χ4n) is 2.71. The third kappa shape index (κ3) is 4.54. The number of likely N-dealkylation sites (N-methyl/N-ethyl adjacent to an activating group) is 1. The number of nitrogens with two attached hydrogens (primary N) is 1. The van der Waals surface area contributed by atoms with Crippen LogP contribution in [0.4, 0.5) is 5.82 Å². The van der Waals surface area contributed by atoms with Gasteiger partial charge in [0.15, 0.2) is 0 Å². The SMILES string of the molecule is CCN(CCNc1ncnc2ccc(/C(C=N)=C/N)cc12)C1=NC=IN=C1. The summed E-state index contributed by atoms with van der Waals surface area (Å²) >= 11 is -0.258. The molecule has 1 aliphatic rings. The zero-order valence-electron chi connectivity index (χ0n) is 14.9. The molecule has 0 bridgehead atoms. The van der Waals surface area contributed by atoms with E-state index in [1.54, 1.807) is 6.33 Å². The highest BCUT2D eigenvalue weighted by molar-refractivity contribution is 14.2. The molecule has 0 radical (unpaired) electrons. The van der Waals surface area contributed by atoms with Crippen LogP contribution in [0.1, 0.15) is 12.5 Å². The Morgan fingerprint density at radius 3 is 2.96 bits per heavy atom. The molecular formula is C18H21IN8. The molecule has 0 fully saturated rings. The molecule has 1 aromatic heterocycles. The van der Waals surface area contributed by atoms with Crippen molar-refractivity contribution in [2.45, 2.75) is 6.92 Å². The Balaban J connectivity index is 1.77. The zero-order chi connectivity index (χ0) is 19.1. The molecule has 4 N–H and O–H groups in total. The van der Waals surface area contributed by atoms with Gasteiger partial charge in [-0.05, 0) is 24.6 Å². The van der Waals surface area contributed by atoms with Crippen LogP contribution in [0.2, 0.25) is 0 Å². The molecule has 1 aromatic carbocycles. The minimum Gasteiger partial charge on any atom is -0.404 e. The molecule has 0 amide bonds. The van der Waals surface area contributed by atoms with Gasteiger partial charge in [-0.1, -0.05) is 6.07 Å². The highest BCUT2D eigenvalue weighted by Gasteiger charge is 2.10. The van der Waals surface area contributed by atoms with Gasteiger partial charge in [0.1, 0.15) is 18.0 Å². The summed E-state index contributed by atoms with van der Waals surface area (Å²) in [5.41, 5.74) is 7.96. The summed E-state index contributed by atoms with van der Waals surface area (Å²) in [6.45, 7) is 4.45. The fourth-order valence-corrected chi connectivity index (χ4v) is 3.68. The number of nitrogens with zero attached hydrogens (tertiary/aromatic N) is 5. The first kappa shape index (κ1) is 19.1. The van der Waals surface area contributed by atoms with Crippen LogP contribution in [0.25, 0.3) is 16.5 Å². The van der Waals surface area contributed by atoms with E-state index >= 15 is 0 Å². The molecule has 8 nitrogen and oxygen atoms in total. The van der Waals surface area contributed by atoms with E-state index in [1.165, 1.54) is 12.4 Å². The zero-order valence-corrected chi connectivity index (χ0v) is 17.1. The molecule has 0 aliphatic carbocycles. The van der Waals surface area contributed by atoms with E-state index in [2.05, 4.69) is 35.3 Å². The molecule has 2 aromatic rings. The Morgan fingerprint density at radius 2 is 2.26 bits per heavy atom. The second-order valence-electron chi connectivity index (χ2n) is 5.64. The number of nitrogens with one attached hydrogen (secondary N) is 2. The van der Waals surface area contributed by atoms with Crippen molar-refractivity contribution in [3.05, 3.63) is 36.3 Å². The maximum absolute atomic E-state index is 7.49. The summed E-state index contributed by atoms with van der Waals surface area (Å²) in [4.78, 5) is 15.3. The minimum absolute atomic E-state index is 0.258. The topological polar surface area (TPSA) is 116 Å². The van der Waals surface area contributed by atoms with Gasteiger partial charge in [0.25, 0.3) is 0 Å². The van der Waals surface area contributed by atoms with Crippen LogP contribution in [-0.2, 0) is 0 Å². The predicted molar refractivity (Wildman–Crippen MR) is 122 cm³/mol. The monoisotopic (exact) mass is 476 g/mol. The third-order valence-corrected chi connectivity index (χ3v) is 5.26. The molecule has 0 saturated carbocycles. The largest absolute Gasteiger partial charge is 0.404 e. The minimum atomic E-state index is -0.258. The third-order valence-electron chi connectivity index (χ3n) is 4.13. The van der Waals surface area contributed by atoms with Gasteiger partial charge in [-0.15, -0.1) is 0 Å². The Bertz CT molecular complexity index is 948. The first-order valence-electron chi connectivity index (χ1n) is 8.48. The second-order valence-corrected chi connectivity index (χ2v) is 7.31. The van der Waals surface area contributed by atoms with E-state index in [0.717, 1.165) is 41.2 Å². The summed E-state index contributed by atoms with van der Waals surface area (Å²) in [7, 11) is 0. The molecule has 0 unspecified atom stereocenters. The molecule has 9 heteroatoms. The normalized spacial score (nSPS) is 13.8. The highest BCUT2D eigenvalue weighted by Crippen LogP contribution is 2.23. The lowest BCUT2D eigenvalue weighted by Gasteiger charge is -2.23. The standard InChI is InChI=1S/C18H21IN8/c1-2-27(17-10-26-19-11-23-17)6-5-22-18-15-7-13(14(8-20)9-21)3-4-16(15)24-12-25-18/h3-4,7-12,20H,2,5-6,21H2,1H3,(H,22,24,25)/b14-9+,20-8?. The predicted octanol–water partition coefficient (Wildman–Crippen LogP) is 2.44. The Labute approximate surface area is 167 Å². The maximum atomic E-state index is 7.49. The summed E-state index contributed by atoms with van der Waals surface area (Å²) < 4.78 is 6.29. The van der Waals surface area contributed by atoms with Crippen molar-refractivity contribution in [1.29, 1.82) is 5.41 Å². The number of hydrogen-bond donors (Lipinski definition) is 3. The van der Waals surface area contributed by atoms with Crippen LogP contribution in [0.5, 0.6) is 0 Å². The fraction of sp³-hybridized carbons (Fsp3) is 0.222. The number of allylic oxidation sites excluding steroid dienone is 1. The van der Waals surface area contributed by atoms with E-state index in [9.17, 15) is 0 Å². The van der Waals surface area contributed by atoms with Crippen LogP contribution in [0.15, 0.2) is 38.9 Å². The number of amidine groups is 1. The molecular weight excluding hydrogens is 455 g/mol. The van der Waals surface area contributed by atoms with E-state index in [4.69, 9.17) is 11.1 Å². The molecule has 27 heavy (non-hydrogen) atoms. The van der Waals surface area contributed by atoms with Gasteiger partial charge in [0.2, 0.25) is 0 Å². The number of aromatic nitrogens is 2. The van der Waals surface area contributed by atoms with Crippen LogP contribution in [0.3, 0.4) is 0 Å². The van der Waals surface area contributed by atoms with E-state index < -0.39 is 0 Å². The van der Waals surface area contributed by atoms with Crippen molar-refractivity contribution in [1.82, 2.24) is 14.9 Å². The number of halogens is 1. The molecule has 2 heterocycles. The van der Waals surface area contributed by atoms with Gasteiger partial charge in [0.05, 0.1) is 15.9 Å². The summed E-state index contributed by atoms with van der Waals surface area (Å²) in [6, 6.07) is 5.77. The number of hydrogen-bond acceptors (Lipinski definition) is 8. The van der Waals surface area contributed by atoms with Crippen LogP contribution in [-0.4, -0.2) is 56.9 Å². The second kappa shape index (κ2) is 9.31. The van der Waals surface area contributed by atoms with Gasteiger partial charge in [-0.2, -0.15) is 0 Å². The van der Waals surface area contributed by atoms with Gasteiger partial charge in [-0.3, -0.25) is 0 Å². The first-order chi connectivity index (χ1) is 13.3. The average molecular weight is 476 g/mol. The van der Waals surface area contributed by atoms with Crippen molar-refractivity contribution >= 4 is 65.7 Å². The van der Waals surface area contributed by atoms with E-state index in [0.29, 0.717) is 12.1 Å². The number of anilines is 1. The molecule has 0 saturated heterocycles. The lowest BCUT2D eigenvalue weighted by atomic mass is 10.1. The van der Waals surface area contributed by atoms with Crippen LogP contribution in [0, 0.1) is 5.41 Å².